The van der Waals surface area contributed by atoms with Crippen LogP contribution in [0.5, 0.6) is 5.75 Å². The number of hydrogen-bond donors (Lipinski definition) is 1. The van der Waals surface area contributed by atoms with Gasteiger partial charge in [-0.05, 0) is 12.1 Å². The van der Waals surface area contributed by atoms with Gasteiger partial charge in [0.2, 0.25) is 5.43 Å². The van der Waals surface area contributed by atoms with E-state index in [9.17, 15) is 9.59 Å². The molecule has 0 aliphatic heterocycles. The molecule has 0 fully saturated rings. The van der Waals surface area contributed by atoms with E-state index in [2.05, 4.69) is 0 Å². The highest BCUT2D eigenvalue weighted by Gasteiger charge is 2.07. The molecule has 0 saturated heterocycles. The molecule has 0 aliphatic rings. The van der Waals surface area contributed by atoms with Crippen molar-refractivity contribution >= 4 is 10.8 Å². The number of fused-ring (bicyclic) bond motifs is 1. The van der Waals surface area contributed by atoms with Crippen molar-refractivity contribution in [2.75, 3.05) is 0 Å². The van der Waals surface area contributed by atoms with Gasteiger partial charge in [-0.1, -0.05) is 42.5 Å². The lowest BCUT2D eigenvalue weighted by molar-refractivity contribution is 0.471. The Balaban J connectivity index is 0.000000127. The minimum absolute atomic E-state index is 0.208. The summed E-state index contributed by atoms with van der Waals surface area (Å²) in [5.41, 5.74) is -0.130. The Bertz CT molecular complexity index is 675. The van der Waals surface area contributed by atoms with Gasteiger partial charge in [-0.2, -0.15) is 0 Å². The number of aromatic hydroxyl groups is 1. The normalized spacial score (nSPS) is 9.88. The average Bonchev–Trinajstić information content (AvgIpc) is 3.04. The predicted molar refractivity (Wildman–Crippen MR) is 67.0 cm³/mol. The molecule has 0 radical (unpaired) electrons. The maximum absolute atomic E-state index is 10.6. The average molecular weight is 226 g/mol. The highest BCUT2D eigenvalue weighted by atomic mass is 16.3. The van der Waals surface area contributed by atoms with Gasteiger partial charge in [-0.25, -0.2) is 0 Å². The Labute approximate surface area is 97.3 Å². The number of rotatable bonds is 0. The summed E-state index contributed by atoms with van der Waals surface area (Å²) in [6.45, 7) is 0. The largest absolute Gasteiger partial charge is 0.504 e. The predicted octanol–water partition coefficient (Wildman–Crippen LogP) is 1.83. The summed E-state index contributed by atoms with van der Waals surface area (Å²) in [4.78, 5) is 21.1. The molecule has 3 aromatic rings. The molecule has 0 atom stereocenters. The molecule has 0 aliphatic carbocycles. The molecule has 3 aromatic carbocycles. The fraction of sp³-hybridized carbons (Fsp3) is 0. The Morgan fingerprint density at radius 2 is 1.24 bits per heavy atom. The summed E-state index contributed by atoms with van der Waals surface area (Å²) in [6, 6.07) is 15.0. The van der Waals surface area contributed by atoms with Crippen molar-refractivity contribution in [3.63, 3.8) is 0 Å². The van der Waals surface area contributed by atoms with Crippen LogP contribution in [0.15, 0.2) is 64.2 Å². The maximum Gasteiger partial charge on any atom is 0.220 e. The molecule has 17 heavy (non-hydrogen) atoms. The quantitative estimate of drug-likeness (QED) is 0.636. The summed E-state index contributed by atoms with van der Waals surface area (Å²) >= 11 is 0. The molecule has 0 spiro atoms. The van der Waals surface area contributed by atoms with E-state index >= 15 is 0 Å². The highest BCUT2D eigenvalue weighted by Crippen LogP contribution is 2.11. The van der Waals surface area contributed by atoms with E-state index in [0.717, 1.165) is 10.8 Å². The monoisotopic (exact) mass is 226 g/mol. The van der Waals surface area contributed by atoms with Gasteiger partial charge in [-0.15, -0.1) is 0 Å². The summed E-state index contributed by atoms with van der Waals surface area (Å²) in [5.74, 6) is -0.208. The van der Waals surface area contributed by atoms with E-state index in [1.54, 1.807) is 18.2 Å². The lowest BCUT2D eigenvalue weighted by Gasteiger charge is -1.74. The van der Waals surface area contributed by atoms with E-state index < -0.39 is 0 Å². The van der Waals surface area contributed by atoms with Crippen molar-refractivity contribution in [3.05, 3.63) is 75.0 Å². The molecular weight excluding hydrogens is 216 g/mol. The minimum Gasteiger partial charge on any atom is -0.504 e. The highest BCUT2D eigenvalue weighted by molar-refractivity contribution is 5.96. The molecule has 0 saturated carbocycles. The third kappa shape index (κ3) is 2.58. The first-order valence-electron chi connectivity index (χ1n) is 5.12. The van der Waals surface area contributed by atoms with Gasteiger partial charge >= 0.3 is 0 Å². The van der Waals surface area contributed by atoms with Crippen LogP contribution < -0.4 is 10.9 Å². The Morgan fingerprint density at radius 1 is 0.706 bits per heavy atom. The SMILES string of the molecule is O=c1c2ccccc12.O=c1cccccc1O. The maximum atomic E-state index is 10.6. The van der Waals surface area contributed by atoms with Crippen LogP contribution in [0.25, 0.3) is 10.8 Å². The van der Waals surface area contributed by atoms with Crippen molar-refractivity contribution in [2.24, 2.45) is 0 Å². The van der Waals surface area contributed by atoms with Gasteiger partial charge < -0.3 is 5.11 Å². The first-order valence-corrected chi connectivity index (χ1v) is 5.12. The van der Waals surface area contributed by atoms with Gasteiger partial charge in [0.05, 0.1) is 0 Å². The summed E-state index contributed by atoms with van der Waals surface area (Å²) < 4.78 is 0. The van der Waals surface area contributed by atoms with Crippen molar-refractivity contribution in [1.82, 2.24) is 0 Å². The second-order valence-corrected chi connectivity index (χ2v) is 3.53. The molecule has 3 heteroatoms. The van der Waals surface area contributed by atoms with Crippen LogP contribution in [0.4, 0.5) is 0 Å². The van der Waals surface area contributed by atoms with Crippen LogP contribution in [0, 0.1) is 0 Å². The fourth-order valence-electron chi connectivity index (χ4n) is 1.35. The minimum atomic E-state index is -0.347. The molecule has 0 heterocycles. The third-order valence-corrected chi connectivity index (χ3v) is 2.33. The molecule has 0 unspecified atom stereocenters. The smallest absolute Gasteiger partial charge is 0.220 e. The molecule has 0 amide bonds. The van der Waals surface area contributed by atoms with Crippen LogP contribution in [0.3, 0.4) is 0 Å². The first-order chi connectivity index (χ1) is 8.20. The molecule has 1 N–H and O–H groups in total. The van der Waals surface area contributed by atoms with E-state index in [4.69, 9.17) is 5.11 Å². The van der Waals surface area contributed by atoms with Gasteiger partial charge in [0.25, 0.3) is 0 Å². The standard InChI is InChI=1S/C7H6O2.C7H4O/c8-6-4-2-1-3-5-7(6)9;8-7-5-3-1-2-4-6(5)7/h1-5H,(H,8,9);1-4H. The lowest BCUT2D eigenvalue weighted by atomic mass is 10.4. The van der Waals surface area contributed by atoms with Gasteiger partial charge in [-0.3, -0.25) is 9.59 Å². The van der Waals surface area contributed by atoms with E-state index in [0.29, 0.717) is 0 Å². The van der Waals surface area contributed by atoms with Crippen LogP contribution in [0.2, 0.25) is 0 Å². The summed E-state index contributed by atoms with van der Waals surface area (Å²) in [6.07, 6.45) is 0. The van der Waals surface area contributed by atoms with Crippen molar-refractivity contribution < 1.29 is 5.11 Å². The molecule has 84 valence electrons. The second-order valence-electron chi connectivity index (χ2n) is 3.53. The molecule has 0 aromatic heterocycles. The Hall–Kier alpha value is -2.42. The van der Waals surface area contributed by atoms with Crippen molar-refractivity contribution in [1.29, 1.82) is 0 Å². The topological polar surface area (TPSA) is 54.4 Å². The van der Waals surface area contributed by atoms with Crippen LogP contribution in [-0.2, 0) is 0 Å². The van der Waals surface area contributed by atoms with E-state index in [-0.39, 0.29) is 16.6 Å². The van der Waals surface area contributed by atoms with Crippen molar-refractivity contribution in [3.8, 4) is 5.75 Å². The molecule has 3 nitrogen and oxygen atoms in total. The lowest BCUT2D eigenvalue weighted by Crippen LogP contribution is -1.90. The number of hydrogen-bond acceptors (Lipinski definition) is 3. The summed E-state index contributed by atoms with van der Waals surface area (Å²) in [5, 5.41) is 10.6. The second kappa shape index (κ2) is 4.61. The first kappa shape index (κ1) is 11.1. The van der Waals surface area contributed by atoms with Crippen molar-refractivity contribution in [2.45, 2.75) is 0 Å². The van der Waals surface area contributed by atoms with E-state index in [1.165, 1.54) is 12.1 Å². The molecule has 0 bridgehead atoms. The van der Waals surface area contributed by atoms with Gasteiger partial charge in [0.15, 0.2) is 11.2 Å². The zero-order valence-corrected chi connectivity index (χ0v) is 8.96. The van der Waals surface area contributed by atoms with Crippen LogP contribution in [0.1, 0.15) is 0 Å². The van der Waals surface area contributed by atoms with Gasteiger partial charge in [0, 0.05) is 10.8 Å². The van der Waals surface area contributed by atoms with Crippen LogP contribution >= 0.6 is 0 Å². The van der Waals surface area contributed by atoms with Gasteiger partial charge in [0.1, 0.15) is 0 Å². The van der Waals surface area contributed by atoms with Crippen LogP contribution in [-0.4, -0.2) is 5.11 Å². The zero-order chi connectivity index (χ0) is 12.3. The Kier molecular flexibility index (Phi) is 3.01. The Morgan fingerprint density at radius 3 is 1.82 bits per heavy atom. The zero-order valence-electron chi connectivity index (χ0n) is 8.96. The number of benzene rings is 1. The molecular formula is C14H10O3. The summed E-state index contributed by atoms with van der Waals surface area (Å²) in [7, 11) is 0. The van der Waals surface area contributed by atoms with E-state index in [1.807, 2.05) is 24.3 Å². The fourth-order valence-corrected chi connectivity index (χ4v) is 1.35. The third-order valence-electron chi connectivity index (χ3n) is 2.33. The molecule has 3 rings (SSSR count).